The molecular weight excluding hydrogens is 719 g/mol. The molecule has 3 heteroatoms. The predicted octanol–water partition coefficient (Wildman–Crippen LogP) is 16.3. The third kappa shape index (κ3) is 5.44. The summed E-state index contributed by atoms with van der Waals surface area (Å²) < 4.78 is 12.6. The minimum atomic E-state index is 0.901. The van der Waals surface area contributed by atoms with Crippen molar-refractivity contribution in [3.63, 3.8) is 0 Å². The molecule has 0 fully saturated rings. The third-order valence-electron chi connectivity index (χ3n) is 11.9. The van der Waals surface area contributed by atoms with Crippen molar-refractivity contribution in [1.82, 2.24) is 0 Å². The highest BCUT2D eigenvalue weighted by Crippen LogP contribution is 2.45. The van der Waals surface area contributed by atoms with Gasteiger partial charge >= 0.3 is 0 Å². The number of furan rings is 2. The van der Waals surface area contributed by atoms with Crippen LogP contribution in [0.25, 0.3) is 98.8 Å². The molecule has 0 N–H and O–H groups in total. The Morgan fingerprint density at radius 3 is 1.58 bits per heavy atom. The Balaban J connectivity index is 0.990. The number of rotatable bonds is 6. The van der Waals surface area contributed by atoms with Gasteiger partial charge in [-0.05, 0) is 98.6 Å². The van der Waals surface area contributed by atoms with Crippen LogP contribution in [0.15, 0.2) is 221 Å². The van der Waals surface area contributed by atoms with Gasteiger partial charge in [0.15, 0.2) is 0 Å². The summed E-state index contributed by atoms with van der Waals surface area (Å²) >= 11 is 0. The Hall–Kier alpha value is -7.88. The van der Waals surface area contributed by atoms with E-state index in [1.54, 1.807) is 0 Å². The molecule has 0 atom stereocenters. The highest BCUT2D eigenvalue weighted by molar-refractivity contribution is 6.15. The summed E-state index contributed by atoms with van der Waals surface area (Å²) in [5, 5.41) is 9.39. The van der Waals surface area contributed by atoms with E-state index in [-0.39, 0.29) is 0 Å². The molecule has 59 heavy (non-hydrogen) atoms. The summed E-state index contributed by atoms with van der Waals surface area (Å²) in [6.45, 7) is 0. The van der Waals surface area contributed by atoms with Gasteiger partial charge < -0.3 is 13.7 Å². The van der Waals surface area contributed by atoms with E-state index in [0.717, 1.165) is 94.3 Å². The fourth-order valence-corrected chi connectivity index (χ4v) is 9.07. The van der Waals surface area contributed by atoms with Crippen molar-refractivity contribution in [2.45, 2.75) is 0 Å². The lowest BCUT2D eigenvalue weighted by molar-refractivity contribution is 0.669. The smallest absolute Gasteiger partial charge is 0.143 e. The lowest BCUT2D eigenvalue weighted by Crippen LogP contribution is -2.10. The summed E-state index contributed by atoms with van der Waals surface area (Å²) in [5.41, 5.74) is 13.7. The first-order chi connectivity index (χ1) is 29.2. The van der Waals surface area contributed by atoms with E-state index in [1.807, 2.05) is 24.3 Å². The molecule has 3 nitrogen and oxygen atoms in total. The van der Waals surface area contributed by atoms with E-state index in [4.69, 9.17) is 8.83 Å². The number of nitrogens with zero attached hydrogens (tertiary/aromatic N) is 1. The molecule has 0 aliphatic heterocycles. The monoisotopic (exact) mass is 753 g/mol. The normalized spacial score (nSPS) is 11.7. The molecule has 0 unspecified atom stereocenters. The molecule has 10 aromatic carbocycles. The van der Waals surface area contributed by atoms with Crippen LogP contribution in [-0.4, -0.2) is 0 Å². The van der Waals surface area contributed by atoms with E-state index in [0.29, 0.717) is 0 Å². The highest BCUT2D eigenvalue weighted by Gasteiger charge is 2.20. The molecule has 0 saturated heterocycles. The molecule has 2 heterocycles. The average molecular weight is 754 g/mol. The highest BCUT2D eigenvalue weighted by atomic mass is 16.3. The van der Waals surface area contributed by atoms with Crippen molar-refractivity contribution in [1.29, 1.82) is 0 Å². The largest absolute Gasteiger partial charge is 0.456 e. The summed E-state index contributed by atoms with van der Waals surface area (Å²) in [7, 11) is 0. The molecule has 0 spiro atoms. The molecule has 0 aliphatic rings. The minimum Gasteiger partial charge on any atom is -0.456 e. The van der Waals surface area contributed by atoms with Gasteiger partial charge in [-0.25, -0.2) is 0 Å². The first-order valence-electron chi connectivity index (χ1n) is 20.1. The van der Waals surface area contributed by atoms with Gasteiger partial charge in [0.1, 0.15) is 22.3 Å². The van der Waals surface area contributed by atoms with Gasteiger partial charge in [-0.2, -0.15) is 0 Å². The van der Waals surface area contributed by atoms with E-state index < -0.39 is 0 Å². The predicted molar refractivity (Wildman–Crippen MR) is 247 cm³/mol. The Kier molecular flexibility index (Phi) is 7.54. The molecule has 2 aromatic heterocycles. The summed E-state index contributed by atoms with van der Waals surface area (Å²) in [6.07, 6.45) is 0. The zero-order chi connectivity index (χ0) is 38.9. The van der Waals surface area contributed by atoms with Crippen LogP contribution in [0.4, 0.5) is 17.1 Å². The van der Waals surface area contributed by atoms with Gasteiger partial charge in [-0.15, -0.1) is 0 Å². The zero-order valence-corrected chi connectivity index (χ0v) is 32.0. The van der Waals surface area contributed by atoms with E-state index in [1.165, 1.54) is 21.5 Å². The van der Waals surface area contributed by atoms with Crippen LogP contribution in [-0.2, 0) is 0 Å². The molecule has 276 valence electrons. The molecular formula is C56H35NO2. The van der Waals surface area contributed by atoms with Crippen molar-refractivity contribution in [2.24, 2.45) is 0 Å². The van der Waals surface area contributed by atoms with Crippen molar-refractivity contribution >= 4 is 82.5 Å². The molecule has 12 aromatic rings. The molecule has 0 radical (unpaired) electrons. The van der Waals surface area contributed by atoms with Crippen LogP contribution in [0.2, 0.25) is 0 Å². The van der Waals surface area contributed by atoms with E-state index >= 15 is 0 Å². The maximum Gasteiger partial charge on any atom is 0.143 e. The fourth-order valence-electron chi connectivity index (χ4n) is 9.07. The summed E-state index contributed by atoms with van der Waals surface area (Å²) in [5.74, 6) is 0. The second-order valence-corrected chi connectivity index (χ2v) is 15.2. The van der Waals surface area contributed by atoms with Crippen LogP contribution in [0.5, 0.6) is 0 Å². The molecule has 0 aliphatic carbocycles. The Labute approximate surface area is 340 Å². The minimum absolute atomic E-state index is 0.901. The maximum atomic E-state index is 6.50. The fraction of sp³-hybridized carbons (Fsp3) is 0. The third-order valence-corrected chi connectivity index (χ3v) is 11.9. The lowest BCUT2D eigenvalue weighted by atomic mass is 9.93. The van der Waals surface area contributed by atoms with Gasteiger partial charge in [0, 0.05) is 43.9 Å². The average Bonchev–Trinajstić information content (AvgIpc) is 3.88. The van der Waals surface area contributed by atoms with Crippen LogP contribution >= 0.6 is 0 Å². The molecule has 0 saturated carbocycles. The second kappa shape index (κ2) is 13.4. The van der Waals surface area contributed by atoms with E-state index in [2.05, 4.69) is 193 Å². The van der Waals surface area contributed by atoms with Crippen LogP contribution in [0.1, 0.15) is 0 Å². The number of hydrogen-bond donors (Lipinski definition) is 0. The standard InChI is InChI=1S/C56H35NO2/c1-2-14-43-39(12-1)35-52(46-17-6-5-15-44(43)46)57(40-29-24-36(25-30-40)38-28-33-55-51(34-38)48-19-8-9-22-53(48)58-55)41-31-26-37(27-32-41)42-13-3-4-16-45(42)49-20-11-21-50-47-18-7-10-23-54(47)59-56(49)50/h1-35H. The second-order valence-electron chi connectivity index (χ2n) is 15.2. The van der Waals surface area contributed by atoms with Crippen LogP contribution < -0.4 is 4.90 Å². The Morgan fingerprint density at radius 1 is 0.288 bits per heavy atom. The summed E-state index contributed by atoms with van der Waals surface area (Å²) in [6, 6.07) is 75.8. The van der Waals surface area contributed by atoms with Crippen molar-refractivity contribution < 1.29 is 8.83 Å². The van der Waals surface area contributed by atoms with Gasteiger partial charge in [0.25, 0.3) is 0 Å². The number of hydrogen-bond acceptors (Lipinski definition) is 3. The summed E-state index contributed by atoms with van der Waals surface area (Å²) in [4.78, 5) is 2.40. The van der Waals surface area contributed by atoms with Crippen LogP contribution in [0, 0.1) is 0 Å². The van der Waals surface area contributed by atoms with Crippen molar-refractivity contribution in [3.05, 3.63) is 212 Å². The van der Waals surface area contributed by atoms with Gasteiger partial charge in [-0.1, -0.05) is 158 Å². The lowest BCUT2D eigenvalue weighted by Gasteiger charge is -2.28. The number of benzene rings is 10. The quantitative estimate of drug-likeness (QED) is 0.158. The SMILES string of the molecule is c1ccc(-c2cccc3c2oc2ccccc23)c(-c2ccc(N(c3ccc(-c4ccc5oc6ccccc6c5c4)cc3)c3cc4ccccc4c4ccccc34)cc2)c1. The number of anilines is 3. The molecule has 0 bridgehead atoms. The van der Waals surface area contributed by atoms with Crippen molar-refractivity contribution in [2.75, 3.05) is 4.90 Å². The topological polar surface area (TPSA) is 29.5 Å². The number of para-hydroxylation sites is 3. The first-order valence-corrected chi connectivity index (χ1v) is 20.1. The van der Waals surface area contributed by atoms with Gasteiger partial charge in [-0.3, -0.25) is 0 Å². The van der Waals surface area contributed by atoms with Crippen molar-refractivity contribution in [3.8, 4) is 33.4 Å². The first kappa shape index (κ1) is 33.3. The van der Waals surface area contributed by atoms with Gasteiger partial charge in [0.2, 0.25) is 0 Å². The van der Waals surface area contributed by atoms with Gasteiger partial charge in [0.05, 0.1) is 5.69 Å². The Morgan fingerprint density at radius 2 is 0.814 bits per heavy atom. The molecule has 0 amide bonds. The Bertz CT molecular complexity index is 3550. The number of fused-ring (bicyclic) bond motifs is 9. The zero-order valence-electron chi connectivity index (χ0n) is 32.0. The maximum absolute atomic E-state index is 6.50. The van der Waals surface area contributed by atoms with Crippen LogP contribution in [0.3, 0.4) is 0 Å². The van der Waals surface area contributed by atoms with E-state index in [9.17, 15) is 0 Å². The molecule has 12 rings (SSSR count).